The molecule has 3 aromatic rings. The number of para-hydroxylation sites is 2. The normalized spacial score (nSPS) is 10.5. The molecule has 0 saturated carbocycles. The van der Waals surface area contributed by atoms with Gasteiger partial charge in [0, 0.05) is 11.8 Å². The third-order valence-corrected chi connectivity index (χ3v) is 4.35. The number of esters is 1. The van der Waals surface area contributed by atoms with E-state index in [1.807, 2.05) is 24.3 Å². The molecule has 0 fully saturated rings. The molecule has 0 saturated heterocycles. The van der Waals surface area contributed by atoms with E-state index in [9.17, 15) is 14.7 Å². The fourth-order valence-corrected chi connectivity index (χ4v) is 2.86. The van der Waals surface area contributed by atoms with Crippen LogP contribution in [-0.2, 0) is 4.79 Å². The Morgan fingerprint density at radius 3 is 2.37 bits per heavy atom. The number of hydrogen-bond donors (Lipinski definition) is 2. The first-order valence-corrected chi connectivity index (χ1v) is 9.56. The molecule has 2 N–H and O–H groups in total. The second-order valence-corrected chi connectivity index (χ2v) is 6.96. The molecule has 0 spiro atoms. The Hall–Kier alpha value is -3.80. The predicted octanol–water partition coefficient (Wildman–Crippen LogP) is 4.75. The van der Waals surface area contributed by atoms with Crippen LogP contribution >= 0.6 is 0 Å². The van der Waals surface area contributed by atoms with Crippen LogP contribution in [0.4, 0.5) is 5.69 Å². The number of aromatic hydroxyl groups is 1. The first-order chi connectivity index (χ1) is 14.4. The van der Waals surface area contributed by atoms with Crippen LogP contribution < -0.4 is 14.8 Å². The Morgan fingerprint density at radius 2 is 1.67 bits per heavy atom. The number of phenols is 1. The van der Waals surface area contributed by atoms with Gasteiger partial charge in [-0.2, -0.15) is 0 Å². The van der Waals surface area contributed by atoms with E-state index in [1.54, 1.807) is 30.3 Å². The van der Waals surface area contributed by atoms with Crippen LogP contribution in [0.2, 0.25) is 0 Å². The van der Waals surface area contributed by atoms with Gasteiger partial charge in [0.2, 0.25) is 0 Å². The molecular formula is C24H23NO5. The van der Waals surface area contributed by atoms with Gasteiger partial charge in [0.1, 0.15) is 22.8 Å². The van der Waals surface area contributed by atoms with Crippen molar-refractivity contribution in [2.75, 3.05) is 11.9 Å². The molecule has 0 radical (unpaired) electrons. The first-order valence-electron chi connectivity index (χ1n) is 9.56. The number of carbonyl (C=O) groups is 2. The summed E-state index contributed by atoms with van der Waals surface area (Å²) in [7, 11) is 0. The lowest BCUT2D eigenvalue weighted by atomic mass is 10.0. The second kappa shape index (κ2) is 9.60. The molecule has 0 aromatic heterocycles. The SMILES string of the molecule is CC(C)c1ccccc1OCC(=O)Nc1ccc(C(=O)Oc2ccccc2)c(O)c1. The predicted molar refractivity (Wildman–Crippen MR) is 114 cm³/mol. The molecule has 0 aliphatic carbocycles. The van der Waals surface area contributed by atoms with Crippen molar-refractivity contribution in [2.45, 2.75) is 19.8 Å². The van der Waals surface area contributed by atoms with Crippen molar-refractivity contribution < 1.29 is 24.2 Å². The van der Waals surface area contributed by atoms with Crippen LogP contribution in [0.1, 0.15) is 35.7 Å². The first kappa shape index (κ1) is 20.9. The van der Waals surface area contributed by atoms with Crippen LogP contribution in [0.25, 0.3) is 0 Å². The molecule has 3 rings (SSSR count). The summed E-state index contributed by atoms with van der Waals surface area (Å²) in [5.74, 6) is -0.0652. The Kier molecular flexibility index (Phi) is 6.70. The molecule has 0 aliphatic heterocycles. The van der Waals surface area contributed by atoms with Crippen LogP contribution in [-0.4, -0.2) is 23.6 Å². The van der Waals surface area contributed by atoms with Gasteiger partial charge in [-0.1, -0.05) is 50.2 Å². The minimum Gasteiger partial charge on any atom is -0.507 e. The summed E-state index contributed by atoms with van der Waals surface area (Å²) < 4.78 is 10.9. The van der Waals surface area contributed by atoms with E-state index in [4.69, 9.17) is 9.47 Å². The quantitative estimate of drug-likeness (QED) is 0.438. The minimum atomic E-state index is -0.690. The van der Waals surface area contributed by atoms with Gasteiger partial charge >= 0.3 is 5.97 Å². The maximum Gasteiger partial charge on any atom is 0.347 e. The largest absolute Gasteiger partial charge is 0.507 e. The number of benzene rings is 3. The zero-order valence-corrected chi connectivity index (χ0v) is 16.8. The van der Waals surface area contributed by atoms with Gasteiger partial charge in [-0.3, -0.25) is 4.79 Å². The molecule has 3 aromatic carbocycles. The summed E-state index contributed by atoms with van der Waals surface area (Å²) in [6.45, 7) is 3.92. The molecule has 30 heavy (non-hydrogen) atoms. The molecule has 0 unspecified atom stereocenters. The van der Waals surface area contributed by atoms with Crippen molar-refractivity contribution >= 4 is 17.6 Å². The van der Waals surface area contributed by atoms with Crippen molar-refractivity contribution in [2.24, 2.45) is 0 Å². The topological polar surface area (TPSA) is 84.9 Å². The summed E-state index contributed by atoms with van der Waals surface area (Å²) in [6, 6.07) is 20.3. The highest BCUT2D eigenvalue weighted by Crippen LogP contribution is 2.26. The van der Waals surface area contributed by atoms with E-state index in [0.29, 0.717) is 17.2 Å². The summed E-state index contributed by atoms with van der Waals surface area (Å²) in [5.41, 5.74) is 1.36. The van der Waals surface area contributed by atoms with Gasteiger partial charge in [0.25, 0.3) is 5.91 Å². The number of hydrogen-bond acceptors (Lipinski definition) is 5. The second-order valence-electron chi connectivity index (χ2n) is 6.96. The van der Waals surface area contributed by atoms with Crippen molar-refractivity contribution in [1.82, 2.24) is 0 Å². The number of amides is 1. The van der Waals surface area contributed by atoms with Crippen LogP contribution in [0, 0.1) is 0 Å². The molecule has 6 nitrogen and oxygen atoms in total. The van der Waals surface area contributed by atoms with Crippen molar-refractivity contribution in [1.29, 1.82) is 0 Å². The van der Waals surface area contributed by atoms with Gasteiger partial charge in [0.15, 0.2) is 6.61 Å². The van der Waals surface area contributed by atoms with Gasteiger partial charge in [-0.05, 0) is 41.8 Å². The maximum atomic E-state index is 12.2. The van der Waals surface area contributed by atoms with E-state index in [1.165, 1.54) is 18.2 Å². The van der Waals surface area contributed by atoms with Gasteiger partial charge in [-0.15, -0.1) is 0 Å². The molecule has 0 bridgehead atoms. The molecular weight excluding hydrogens is 382 g/mol. The number of anilines is 1. The average Bonchev–Trinajstić information content (AvgIpc) is 2.73. The fraction of sp³-hybridized carbons (Fsp3) is 0.167. The number of rotatable bonds is 7. The van der Waals surface area contributed by atoms with E-state index in [2.05, 4.69) is 19.2 Å². The molecule has 0 aliphatic rings. The Balaban J connectivity index is 1.60. The number of phenolic OH excluding ortho intramolecular Hbond substituents is 1. The summed E-state index contributed by atoms with van der Waals surface area (Å²) in [5, 5.41) is 12.8. The number of carbonyl (C=O) groups excluding carboxylic acids is 2. The number of nitrogens with one attached hydrogen (secondary N) is 1. The zero-order chi connectivity index (χ0) is 21.5. The Labute approximate surface area is 175 Å². The van der Waals surface area contributed by atoms with Crippen LogP contribution in [0.5, 0.6) is 17.2 Å². The highest BCUT2D eigenvalue weighted by atomic mass is 16.5. The number of ether oxygens (including phenoxy) is 2. The fourth-order valence-electron chi connectivity index (χ4n) is 2.86. The summed E-state index contributed by atoms with van der Waals surface area (Å²) in [4.78, 5) is 24.5. The average molecular weight is 405 g/mol. The van der Waals surface area contributed by atoms with E-state index in [-0.39, 0.29) is 29.7 Å². The third-order valence-electron chi connectivity index (χ3n) is 4.35. The van der Waals surface area contributed by atoms with Crippen molar-refractivity contribution in [3.63, 3.8) is 0 Å². The van der Waals surface area contributed by atoms with E-state index >= 15 is 0 Å². The minimum absolute atomic E-state index is 0.000960. The molecule has 0 heterocycles. The van der Waals surface area contributed by atoms with Crippen LogP contribution in [0.3, 0.4) is 0 Å². The Bertz CT molecular complexity index is 1030. The molecule has 0 atom stereocenters. The zero-order valence-electron chi connectivity index (χ0n) is 16.8. The van der Waals surface area contributed by atoms with Crippen molar-refractivity contribution in [3.8, 4) is 17.2 Å². The summed E-state index contributed by atoms with van der Waals surface area (Å²) in [6.07, 6.45) is 0. The maximum absolute atomic E-state index is 12.2. The third kappa shape index (κ3) is 5.38. The smallest absolute Gasteiger partial charge is 0.347 e. The molecule has 6 heteroatoms. The molecule has 154 valence electrons. The lowest BCUT2D eigenvalue weighted by Gasteiger charge is -2.14. The molecule has 1 amide bonds. The van der Waals surface area contributed by atoms with E-state index in [0.717, 1.165) is 5.56 Å². The van der Waals surface area contributed by atoms with Crippen molar-refractivity contribution in [3.05, 3.63) is 83.9 Å². The van der Waals surface area contributed by atoms with Crippen LogP contribution in [0.15, 0.2) is 72.8 Å². The Morgan fingerprint density at radius 1 is 0.967 bits per heavy atom. The standard InChI is InChI=1S/C24H23NO5/c1-16(2)19-10-6-7-11-22(19)29-15-23(27)25-17-12-13-20(21(26)14-17)24(28)30-18-8-4-3-5-9-18/h3-14,16,26H,15H2,1-2H3,(H,25,27). The van der Waals surface area contributed by atoms with Gasteiger partial charge in [0.05, 0.1) is 0 Å². The summed E-state index contributed by atoms with van der Waals surface area (Å²) >= 11 is 0. The van der Waals surface area contributed by atoms with Gasteiger partial charge in [-0.25, -0.2) is 4.79 Å². The monoisotopic (exact) mass is 405 g/mol. The highest BCUT2D eigenvalue weighted by molar-refractivity contribution is 5.96. The highest BCUT2D eigenvalue weighted by Gasteiger charge is 2.15. The van der Waals surface area contributed by atoms with E-state index < -0.39 is 5.97 Å². The lowest BCUT2D eigenvalue weighted by Crippen LogP contribution is -2.20. The van der Waals surface area contributed by atoms with Gasteiger partial charge < -0.3 is 19.9 Å². The lowest BCUT2D eigenvalue weighted by molar-refractivity contribution is -0.118.